The Balaban J connectivity index is 1.53. The summed E-state index contributed by atoms with van der Waals surface area (Å²) in [7, 11) is 1.74. The van der Waals surface area contributed by atoms with Crippen LogP contribution in [0.4, 0.5) is 0 Å². The maximum absolute atomic E-state index is 12.9. The van der Waals surface area contributed by atoms with Crippen molar-refractivity contribution in [1.29, 1.82) is 0 Å². The number of nitrogens with one attached hydrogen (secondary N) is 1. The second kappa shape index (κ2) is 9.28. The number of nitrogens with zero attached hydrogens (tertiary/aromatic N) is 3. The SMILES string of the molecule is CC(NC(=O)c1cccs1)C(=O)N(C)Cc1cn(-c2ccccc2)nc1-c1cccs1. The summed E-state index contributed by atoms with van der Waals surface area (Å²) in [5, 5.41) is 11.4. The monoisotopic (exact) mass is 450 g/mol. The molecule has 31 heavy (non-hydrogen) atoms. The Morgan fingerprint density at radius 2 is 1.81 bits per heavy atom. The highest BCUT2D eigenvalue weighted by atomic mass is 32.1. The van der Waals surface area contributed by atoms with Crippen molar-refractivity contribution in [2.75, 3.05) is 7.05 Å². The molecule has 0 fully saturated rings. The van der Waals surface area contributed by atoms with Crippen molar-refractivity contribution in [3.8, 4) is 16.3 Å². The molecule has 6 nitrogen and oxygen atoms in total. The fraction of sp³-hybridized carbons (Fsp3) is 0.174. The van der Waals surface area contributed by atoms with Gasteiger partial charge >= 0.3 is 0 Å². The molecule has 0 bridgehead atoms. The summed E-state index contributed by atoms with van der Waals surface area (Å²) in [5.74, 6) is -0.394. The van der Waals surface area contributed by atoms with E-state index in [9.17, 15) is 9.59 Å². The highest BCUT2D eigenvalue weighted by Gasteiger charge is 2.23. The third kappa shape index (κ3) is 4.76. The summed E-state index contributed by atoms with van der Waals surface area (Å²) in [6.07, 6.45) is 1.96. The van der Waals surface area contributed by atoms with E-state index in [1.54, 1.807) is 36.3 Å². The number of rotatable bonds is 7. The van der Waals surface area contributed by atoms with Gasteiger partial charge in [-0.3, -0.25) is 9.59 Å². The number of likely N-dealkylation sites (N-methyl/N-ethyl adjacent to an activating group) is 1. The van der Waals surface area contributed by atoms with Crippen molar-refractivity contribution in [2.24, 2.45) is 0 Å². The molecule has 8 heteroatoms. The van der Waals surface area contributed by atoms with E-state index in [-0.39, 0.29) is 11.8 Å². The predicted molar refractivity (Wildman–Crippen MR) is 125 cm³/mol. The topological polar surface area (TPSA) is 67.2 Å². The molecule has 0 aliphatic carbocycles. The van der Waals surface area contributed by atoms with Crippen LogP contribution in [0.5, 0.6) is 0 Å². The summed E-state index contributed by atoms with van der Waals surface area (Å²) in [6, 6.07) is 16.8. The molecule has 0 radical (unpaired) electrons. The summed E-state index contributed by atoms with van der Waals surface area (Å²) < 4.78 is 1.84. The first kappa shape index (κ1) is 21.0. The van der Waals surface area contributed by atoms with Crippen molar-refractivity contribution >= 4 is 34.5 Å². The van der Waals surface area contributed by atoms with Crippen LogP contribution in [0.3, 0.4) is 0 Å². The average Bonchev–Trinajstić information content (AvgIpc) is 3.55. The lowest BCUT2D eigenvalue weighted by Gasteiger charge is -2.22. The molecule has 4 aromatic rings. The van der Waals surface area contributed by atoms with Crippen molar-refractivity contribution < 1.29 is 9.59 Å². The largest absolute Gasteiger partial charge is 0.340 e. The van der Waals surface area contributed by atoms with Gasteiger partial charge in [-0.2, -0.15) is 5.10 Å². The number of hydrogen-bond donors (Lipinski definition) is 1. The smallest absolute Gasteiger partial charge is 0.261 e. The van der Waals surface area contributed by atoms with Gasteiger partial charge in [0.1, 0.15) is 11.7 Å². The van der Waals surface area contributed by atoms with Crippen LogP contribution in [-0.4, -0.2) is 39.6 Å². The van der Waals surface area contributed by atoms with E-state index in [4.69, 9.17) is 5.10 Å². The first-order valence-electron chi connectivity index (χ1n) is 9.80. The zero-order chi connectivity index (χ0) is 21.8. The lowest BCUT2D eigenvalue weighted by atomic mass is 10.2. The highest BCUT2D eigenvalue weighted by Crippen LogP contribution is 2.28. The van der Waals surface area contributed by atoms with E-state index in [1.165, 1.54) is 11.3 Å². The average molecular weight is 451 g/mol. The zero-order valence-corrected chi connectivity index (χ0v) is 18.8. The molecule has 3 aromatic heterocycles. The number of carbonyl (C=O) groups excluding carboxylic acids is 2. The second-order valence-electron chi connectivity index (χ2n) is 7.13. The molecule has 0 saturated heterocycles. The molecule has 0 aliphatic rings. The van der Waals surface area contributed by atoms with Gasteiger partial charge in [-0.05, 0) is 41.9 Å². The minimum atomic E-state index is -0.631. The maximum Gasteiger partial charge on any atom is 0.261 e. The Morgan fingerprint density at radius 3 is 2.48 bits per heavy atom. The first-order valence-corrected chi connectivity index (χ1v) is 11.6. The Kier molecular flexibility index (Phi) is 6.29. The number of hydrogen-bond acceptors (Lipinski definition) is 5. The van der Waals surface area contributed by atoms with Gasteiger partial charge < -0.3 is 10.2 Å². The molecule has 1 unspecified atom stereocenters. The lowest BCUT2D eigenvalue weighted by Crippen LogP contribution is -2.45. The molecule has 2 amide bonds. The summed E-state index contributed by atoms with van der Waals surface area (Å²) in [6.45, 7) is 2.09. The Hall–Kier alpha value is -3.23. The number of thiophene rings is 2. The molecule has 3 heterocycles. The third-order valence-electron chi connectivity index (χ3n) is 4.81. The summed E-state index contributed by atoms with van der Waals surface area (Å²) >= 11 is 2.96. The minimum absolute atomic E-state index is 0.158. The molecule has 4 rings (SSSR count). The standard InChI is InChI=1S/C23H22N4O2S2/c1-16(24-22(28)20-11-7-13-31-20)23(29)26(2)14-17-15-27(18-8-4-3-5-9-18)25-21(17)19-10-6-12-30-19/h3-13,15-16H,14H2,1-2H3,(H,24,28). The number of aromatic nitrogens is 2. The summed E-state index contributed by atoms with van der Waals surface area (Å²) in [5.41, 5.74) is 2.75. The number of amides is 2. The van der Waals surface area contributed by atoms with Gasteiger partial charge in [0, 0.05) is 25.4 Å². The maximum atomic E-state index is 12.9. The van der Waals surface area contributed by atoms with Crippen molar-refractivity contribution in [2.45, 2.75) is 19.5 Å². The van der Waals surface area contributed by atoms with Crippen molar-refractivity contribution in [3.05, 3.63) is 82.0 Å². The van der Waals surface area contributed by atoms with E-state index in [0.717, 1.165) is 21.8 Å². The van der Waals surface area contributed by atoms with Crippen LogP contribution in [0.1, 0.15) is 22.2 Å². The second-order valence-corrected chi connectivity index (χ2v) is 9.02. The van der Waals surface area contributed by atoms with Crippen LogP contribution >= 0.6 is 22.7 Å². The van der Waals surface area contributed by atoms with Crippen LogP contribution in [0, 0.1) is 0 Å². The van der Waals surface area contributed by atoms with Crippen LogP contribution < -0.4 is 5.32 Å². The van der Waals surface area contributed by atoms with E-state index >= 15 is 0 Å². The van der Waals surface area contributed by atoms with Gasteiger partial charge in [-0.1, -0.05) is 30.3 Å². The van der Waals surface area contributed by atoms with Crippen LogP contribution in [-0.2, 0) is 11.3 Å². The molecule has 1 aromatic carbocycles. The van der Waals surface area contributed by atoms with Crippen LogP contribution in [0.15, 0.2) is 71.6 Å². The predicted octanol–water partition coefficient (Wildman–Crippen LogP) is 4.44. The number of benzene rings is 1. The normalized spacial score (nSPS) is 11.8. The number of para-hydroxylation sites is 1. The number of carbonyl (C=O) groups is 2. The van der Waals surface area contributed by atoms with Crippen LogP contribution in [0.2, 0.25) is 0 Å². The van der Waals surface area contributed by atoms with Gasteiger partial charge in [0.05, 0.1) is 15.4 Å². The van der Waals surface area contributed by atoms with Gasteiger partial charge in [0.25, 0.3) is 5.91 Å². The van der Waals surface area contributed by atoms with Gasteiger partial charge in [0.15, 0.2) is 0 Å². The minimum Gasteiger partial charge on any atom is -0.340 e. The zero-order valence-electron chi connectivity index (χ0n) is 17.2. The molecule has 0 aliphatic heterocycles. The van der Waals surface area contributed by atoms with E-state index < -0.39 is 6.04 Å². The molecular formula is C23H22N4O2S2. The fourth-order valence-corrected chi connectivity index (χ4v) is 4.63. The van der Waals surface area contributed by atoms with Crippen LogP contribution in [0.25, 0.3) is 16.3 Å². The highest BCUT2D eigenvalue weighted by molar-refractivity contribution is 7.13. The molecular weight excluding hydrogens is 428 g/mol. The fourth-order valence-electron chi connectivity index (χ4n) is 3.26. The van der Waals surface area contributed by atoms with Gasteiger partial charge in [-0.15, -0.1) is 22.7 Å². The van der Waals surface area contributed by atoms with E-state index in [2.05, 4.69) is 5.32 Å². The van der Waals surface area contributed by atoms with Gasteiger partial charge in [-0.25, -0.2) is 4.68 Å². The molecule has 0 spiro atoms. The molecule has 158 valence electrons. The van der Waals surface area contributed by atoms with E-state index in [1.807, 2.05) is 70.2 Å². The summed E-state index contributed by atoms with van der Waals surface area (Å²) in [4.78, 5) is 28.5. The Bertz CT molecular complexity index is 1150. The van der Waals surface area contributed by atoms with Gasteiger partial charge in [0.2, 0.25) is 5.91 Å². The third-order valence-corrected chi connectivity index (χ3v) is 6.56. The first-order chi connectivity index (χ1) is 15.0. The molecule has 0 saturated carbocycles. The Labute approximate surface area is 188 Å². The Morgan fingerprint density at radius 1 is 1.06 bits per heavy atom. The van der Waals surface area contributed by atoms with Crippen molar-refractivity contribution in [1.82, 2.24) is 20.0 Å². The van der Waals surface area contributed by atoms with E-state index in [0.29, 0.717) is 11.4 Å². The molecule has 1 atom stereocenters. The van der Waals surface area contributed by atoms with Crippen molar-refractivity contribution in [3.63, 3.8) is 0 Å². The lowest BCUT2D eigenvalue weighted by molar-refractivity contribution is -0.132. The quantitative estimate of drug-likeness (QED) is 0.453. The molecule has 1 N–H and O–H groups in total.